The minimum atomic E-state index is -4.05. The molecule has 3 N–H and O–H groups in total. The van der Waals surface area contributed by atoms with Crippen LogP contribution < -0.4 is 14.4 Å². The maximum Gasteiger partial charge on any atom is 0.309 e. The number of carbonyl (C=O) groups excluding carboxylic acids is 1. The number of carboxylic acid groups (broad SMARTS) is 1. The van der Waals surface area contributed by atoms with E-state index in [1.165, 1.54) is 18.1 Å². The van der Waals surface area contributed by atoms with Gasteiger partial charge >= 0.3 is 5.97 Å². The van der Waals surface area contributed by atoms with Gasteiger partial charge in [-0.2, -0.15) is 0 Å². The molecule has 2 aromatic rings. The van der Waals surface area contributed by atoms with Crippen molar-refractivity contribution in [1.82, 2.24) is 4.72 Å². The number of aryl methyl sites for hydroxylation is 1. The molecule has 1 amide bonds. The molecule has 11 heteroatoms. The number of rotatable bonds is 2. The van der Waals surface area contributed by atoms with Crippen LogP contribution in [0.25, 0.3) is 0 Å². The Morgan fingerprint density at radius 2 is 1.96 bits per heavy atom. The molecule has 248 valence electrons. The minimum Gasteiger partial charge on any atom is -0.490 e. The molecule has 0 saturated heterocycles. The highest BCUT2D eigenvalue weighted by Gasteiger charge is 2.52. The zero-order valence-corrected chi connectivity index (χ0v) is 28.1. The van der Waals surface area contributed by atoms with Crippen LogP contribution in [-0.2, 0) is 26.7 Å². The smallest absolute Gasteiger partial charge is 0.309 e. The number of carbonyl (C=O) groups is 2. The number of ether oxygens (including phenoxy) is 1. The van der Waals surface area contributed by atoms with Gasteiger partial charge in [-0.25, -0.2) is 13.1 Å². The maximum absolute atomic E-state index is 13.4. The first-order valence-electron chi connectivity index (χ1n) is 16.2. The molecule has 9 nitrogen and oxygen atoms in total. The number of halogens is 1. The van der Waals surface area contributed by atoms with E-state index < -0.39 is 44.6 Å². The van der Waals surface area contributed by atoms with E-state index in [9.17, 15) is 28.2 Å². The van der Waals surface area contributed by atoms with Gasteiger partial charge in [0.1, 0.15) is 5.75 Å². The lowest BCUT2D eigenvalue weighted by Crippen LogP contribution is -2.55. The first-order chi connectivity index (χ1) is 21.7. The summed E-state index contributed by atoms with van der Waals surface area (Å²) in [5, 5.41) is 21.9. The highest BCUT2D eigenvalue weighted by atomic mass is 35.5. The number of nitrogens with zero attached hydrogens (tertiary/aromatic N) is 1. The van der Waals surface area contributed by atoms with Gasteiger partial charge in [0.05, 0.1) is 29.1 Å². The molecule has 6 rings (SSSR count). The van der Waals surface area contributed by atoms with Gasteiger partial charge in [0.15, 0.2) is 0 Å². The lowest BCUT2D eigenvalue weighted by molar-refractivity contribution is -0.156. The number of aliphatic hydroxyl groups is 1. The van der Waals surface area contributed by atoms with Crippen LogP contribution in [0.2, 0.25) is 5.02 Å². The highest BCUT2D eigenvalue weighted by Crippen LogP contribution is 2.50. The number of fused-ring (bicyclic) bond motifs is 4. The van der Waals surface area contributed by atoms with Gasteiger partial charge < -0.3 is 19.8 Å². The van der Waals surface area contributed by atoms with Gasteiger partial charge in [0, 0.05) is 29.1 Å². The van der Waals surface area contributed by atoms with Crippen LogP contribution in [0.5, 0.6) is 5.75 Å². The average molecular weight is 671 g/mol. The second-order valence-electron chi connectivity index (χ2n) is 14.0. The number of allylic oxidation sites excluding steroid dienone is 1. The molecule has 46 heavy (non-hydrogen) atoms. The van der Waals surface area contributed by atoms with E-state index in [-0.39, 0.29) is 29.2 Å². The Kier molecular flexibility index (Phi) is 8.70. The van der Waals surface area contributed by atoms with Crippen LogP contribution in [0.3, 0.4) is 0 Å². The summed E-state index contributed by atoms with van der Waals surface area (Å²) in [5.74, 6) is -3.04. The molecule has 4 aliphatic rings. The van der Waals surface area contributed by atoms with Crippen LogP contribution in [0.1, 0.15) is 74.4 Å². The van der Waals surface area contributed by atoms with Crippen molar-refractivity contribution in [2.24, 2.45) is 23.7 Å². The number of anilines is 1. The van der Waals surface area contributed by atoms with Crippen LogP contribution in [0, 0.1) is 23.7 Å². The molecule has 1 spiro atoms. The Bertz CT molecular complexity index is 1680. The molecular formula is C35H43ClN2O7S. The predicted molar refractivity (Wildman–Crippen MR) is 177 cm³/mol. The van der Waals surface area contributed by atoms with Gasteiger partial charge in [0.25, 0.3) is 5.91 Å². The SMILES string of the molecule is C[C@@H]1[C@@H](C)C/C=C/[C@](O)([C@@H](C)C(=O)O)[C@@H]2CC[C@H]2CN2C[C@@]3(CCCc4cc(Cl)ccc43)COc3ccc(cc32)C(=O)NS1(=O)=O. The standard InChI is InChI=1S/C35H43ClN2O7S/c1-21-6-4-15-35(42,22(2)33(40)41)29-11-8-26(29)18-38-19-34(14-5-7-24-16-27(36)10-12-28(24)34)20-45-31-13-9-25(17-30(31)38)32(39)37-46(43,44)23(21)3/h4,9-10,12-13,15-17,21-23,26,29,42H,5-8,11,14,18-20H2,1-3H3,(H,37,39)(H,40,41)/b15-4+/t21-,22-,23+,26-,29+,34-,35-/m0/s1. The third kappa shape index (κ3) is 5.81. The fourth-order valence-corrected chi connectivity index (χ4v) is 9.45. The van der Waals surface area contributed by atoms with Crippen LogP contribution >= 0.6 is 11.6 Å². The molecule has 7 atom stereocenters. The molecule has 2 bridgehead atoms. The summed E-state index contributed by atoms with van der Waals surface area (Å²) in [5.41, 5.74) is 1.25. The normalized spacial score (nSPS) is 33.7. The number of aliphatic carboxylic acids is 1. The molecule has 0 unspecified atom stereocenters. The Balaban J connectivity index is 1.47. The van der Waals surface area contributed by atoms with E-state index in [4.69, 9.17) is 16.3 Å². The summed E-state index contributed by atoms with van der Waals surface area (Å²) in [6, 6.07) is 11.0. The summed E-state index contributed by atoms with van der Waals surface area (Å²) < 4.78 is 35.4. The number of benzene rings is 2. The van der Waals surface area contributed by atoms with Crippen LogP contribution in [-0.4, -0.2) is 61.1 Å². The fraction of sp³-hybridized carbons (Fsp3) is 0.543. The van der Waals surface area contributed by atoms with Crippen molar-refractivity contribution in [3.8, 4) is 5.75 Å². The Morgan fingerprint density at radius 1 is 1.17 bits per heavy atom. The number of carboxylic acids is 1. The number of sulfonamides is 1. The summed E-state index contributed by atoms with van der Waals surface area (Å²) in [7, 11) is -4.05. The van der Waals surface area contributed by atoms with Crippen molar-refractivity contribution < 1.29 is 33.0 Å². The Labute approximate surface area is 276 Å². The number of hydrogen-bond acceptors (Lipinski definition) is 7. The monoisotopic (exact) mass is 670 g/mol. The average Bonchev–Trinajstić information content (AvgIpc) is 3.14. The third-order valence-corrected chi connectivity index (χ3v) is 13.4. The molecular weight excluding hydrogens is 628 g/mol. The molecule has 2 aliphatic carbocycles. The van der Waals surface area contributed by atoms with E-state index in [2.05, 4.69) is 15.7 Å². The van der Waals surface area contributed by atoms with Gasteiger partial charge in [0.2, 0.25) is 10.0 Å². The first kappa shape index (κ1) is 32.8. The third-order valence-electron chi connectivity index (χ3n) is 11.2. The number of nitrogens with one attached hydrogen (secondary N) is 1. The molecule has 2 aliphatic heterocycles. The number of hydrogen-bond donors (Lipinski definition) is 3. The van der Waals surface area contributed by atoms with Gasteiger partial charge in [-0.05, 0) is 112 Å². The van der Waals surface area contributed by atoms with E-state index in [0.29, 0.717) is 42.6 Å². The van der Waals surface area contributed by atoms with Crippen molar-refractivity contribution in [3.63, 3.8) is 0 Å². The lowest BCUT2D eigenvalue weighted by Gasteiger charge is -2.50. The summed E-state index contributed by atoms with van der Waals surface area (Å²) in [6.45, 7) is 6.33. The molecule has 2 heterocycles. The molecule has 0 radical (unpaired) electrons. The lowest BCUT2D eigenvalue weighted by atomic mass is 9.60. The molecule has 2 aromatic carbocycles. The second-order valence-corrected chi connectivity index (χ2v) is 16.4. The van der Waals surface area contributed by atoms with E-state index in [0.717, 1.165) is 25.7 Å². The first-order valence-corrected chi connectivity index (χ1v) is 18.2. The minimum absolute atomic E-state index is 0.0326. The summed E-state index contributed by atoms with van der Waals surface area (Å²) in [6.07, 6.45) is 7.80. The fourth-order valence-electron chi connectivity index (χ4n) is 7.97. The predicted octanol–water partition coefficient (Wildman–Crippen LogP) is 5.34. The molecule has 0 aromatic heterocycles. The topological polar surface area (TPSA) is 133 Å². The quantitative estimate of drug-likeness (QED) is 0.365. The van der Waals surface area contributed by atoms with E-state index in [1.54, 1.807) is 44.2 Å². The zero-order chi connectivity index (χ0) is 33.0. The van der Waals surface area contributed by atoms with Crippen molar-refractivity contribution in [3.05, 3.63) is 70.3 Å². The maximum atomic E-state index is 13.4. The largest absolute Gasteiger partial charge is 0.490 e. The molecule has 1 fully saturated rings. The van der Waals surface area contributed by atoms with E-state index >= 15 is 0 Å². The van der Waals surface area contributed by atoms with Crippen molar-refractivity contribution >= 4 is 39.2 Å². The van der Waals surface area contributed by atoms with Crippen molar-refractivity contribution in [2.75, 3.05) is 24.6 Å². The van der Waals surface area contributed by atoms with Crippen LogP contribution in [0.15, 0.2) is 48.6 Å². The summed E-state index contributed by atoms with van der Waals surface area (Å²) >= 11 is 6.40. The van der Waals surface area contributed by atoms with Crippen LogP contribution in [0.4, 0.5) is 5.69 Å². The highest BCUT2D eigenvalue weighted by molar-refractivity contribution is 7.90. The summed E-state index contributed by atoms with van der Waals surface area (Å²) in [4.78, 5) is 27.9. The van der Waals surface area contributed by atoms with Gasteiger partial charge in [-0.1, -0.05) is 36.7 Å². The van der Waals surface area contributed by atoms with Crippen molar-refractivity contribution in [1.29, 1.82) is 0 Å². The van der Waals surface area contributed by atoms with Gasteiger partial charge in [-0.15, -0.1) is 0 Å². The zero-order valence-electron chi connectivity index (χ0n) is 26.5. The number of amides is 1. The Hall–Kier alpha value is -3.08. The van der Waals surface area contributed by atoms with Crippen molar-refractivity contribution in [2.45, 2.75) is 75.6 Å². The Morgan fingerprint density at radius 3 is 2.67 bits per heavy atom. The van der Waals surface area contributed by atoms with Gasteiger partial charge in [-0.3, -0.25) is 9.59 Å². The second kappa shape index (κ2) is 12.2. The van der Waals surface area contributed by atoms with E-state index in [1.807, 2.05) is 12.1 Å². The molecule has 1 saturated carbocycles.